The van der Waals surface area contributed by atoms with E-state index in [0.29, 0.717) is 5.04 Å². The molecule has 3 radical (unpaired) electrons. The lowest BCUT2D eigenvalue weighted by Gasteiger charge is -2.16. The van der Waals surface area contributed by atoms with Crippen LogP contribution in [-0.4, -0.2) is 10.2 Å². The van der Waals surface area contributed by atoms with Crippen molar-refractivity contribution in [3.8, 4) is 0 Å². The Hall–Kier alpha value is 0.217. The minimum absolute atomic E-state index is 0.353. The van der Waals surface area contributed by atoms with Gasteiger partial charge in [0.25, 0.3) is 0 Å². The van der Waals surface area contributed by atoms with E-state index in [2.05, 4.69) is 31.0 Å². The minimum atomic E-state index is 0.353. The molecule has 0 unspecified atom stereocenters. The van der Waals surface area contributed by atoms with Crippen LogP contribution in [0.3, 0.4) is 0 Å². The molecule has 0 aliphatic heterocycles. The van der Waals surface area contributed by atoms with Crippen LogP contribution in [0.5, 0.6) is 0 Å². The van der Waals surface area contributed by atoms with Crippen LogP contribution in [0.2, 0.25) is 5.04 Å². The zero-order valence-electron chi connectivity index (χ0n) is 8.24. The Morgan fingerprint density at radius 1 is 1.00 bits per heavy atom. The van der Waals surface area contributed by atoms with Gasteiger partial charge in [0.1, 0.15) is 0 Å². The Kier molecular flexibility index (Phi) is 5.93. The Bertz CT molecular complexity index is 81.4. The molecule has 0 bridgehead atoms. The molecule has 0 aliphatic rings. The summed E-state index contributed by atoms with van der Waals surface area (Å²) in [4.78, 5) is 0. The van der Waals surface area contributed by atoms with Crippen molar-refractivity contribution in [1.82, 2.24) is 0 Å². The van der Waals surface area contributed by atoms with Crippen LogP contribution in [0, 0.1) is 0 Å². The third kappa shape index (κ3) is 10.2. The van der Waals surface area contributed by atoms with Gasteiger partial charge >= 0.3 is 0 Å². The summed E-state index contributed by atoms with van der Waals surface area (Å²) < 4.78 is 0. The van der Waals surface area contributed by atoms with E-state index in [4.69, 9.17) is 0 Å². The molecule has 0 atom stereocenters. The molecular weight excluding hydrogens is 148 g/mol. The normalized spacial score (nSPS) is 12.0. The number of hydrogen-bond donors (Lipinski definition) is 0. The molecule has 0 heterocycles. The minimum Gasteiger partial charge on any atom is -0.0654 e. The van der Waals surface area contributed by atoms with Gasteiger partial charge in [-0.25, -0.2) is 0 Å². The summed E-state index contributed by atoms with van der Waals surface area (Å²) in [6.07, 6.45) is 8.24. The van der Waals surface area contributed by atoms with E-state index in [1.165, 1.54) is 38.5 Å². The van der Waals surface area contributed by atoms with E-state index in [1.807, 2.05) is 0 Å². The molecule has 0 spiro atoms. The van der Waals surface area contributed by atoms with Crippen molar-refractivity contribution in [1.29, 1.82) is 0 Å². The fourth-order valence-corrected chi connectivity index (χ4v) is 1.35. The number of rotatable bonds is 6. The van der Waals surface area contributed by atoms with Crippen molar-refractivity contribution >= 4 is 10.2 Å². The molecular formula is C10H21Si. The summed E-state index contributed by atoms with van der Waals surface area (Å²) in [7, 11) is 3.70. The zero-order valence-corrected chi connectivity index (χ0v) is 9.24. The SMILES string of the molecule is CCCCCCCC(C)(C)[Si]. The van der Waals surface area contributed by atoms with Gasteiger partial charge in [0.2, 0.25) is 0 Å². The number of unbranched alkanes of at least 4 members (excludes halogenated alkanes) is 4. The molecule has 0 nitrogen and oxygen atoms in total. The van der Waals surface area contributed by atoms with E-state index in [9.17, 15) is 0 Å². The summed E-state index contributed by atoms with van der Waals surface area (Å²) in [5.74, 6) is 0. The Morgan fingerprint density at radius 3 is 2.00 bits per heavy atom. The molecule has 0 aromatic carbocycles. The highest BCUT2D eigenvalue weighted by Gasteiger charge is 2.08. The quantitative estimate of drug-likeness (QED) is 0.420. The molecule has 65 valence electrons. The van der Waals surface area contributed by atoms with Gasteiger partial charge in [0.15, 0.2) is 0 Å². The molecule has 0 aromatic heterocycles. The largest absolute Gasteiger partial charge is 0.0654 e. The first-order valence-corrected chi connectivity index (χ1v) is 5.31. The van der Waals surface area contributed by atoms with Crippen molar-refractivity contribution in [2.24, 2.45) is 0 Å². The van der Waals surface area contributed by atoms with Crippen LogP contribution < -0.4 is 0 Å². The summed E-state index contributed by atoms with van der Waals surface area (Å²) in [6, 6.07) is 0. The van der Waals surface area contributed by atoms with Crippen LogP contribution >= 0.6 is 0 Å². The van der Waals surface area contributed by atoms with Crippen LogP contribution in [0.25, 0.3) is 0 Å². The van der Waals surface area contributed by atoms with Gasteiger partial charge in [-0.1, -0.05) is 59.3 Å². The molecule has 0 aliphatic carbocycles. The molecule has 0 aromatic rings. The second-order valence-electron chi connectivity index (χ2n) is 4.05. The van der Waals surface area contributed by atoms with Gasteiger partial charge < -0.3 is 0 Å². The van der Waals surface area contributed by atoms with Crippen molar-refractivity contribution in [2.75, 3.05) is 0 Å². The maximum atomic E-state index is 3.70. The third-order valence-corrected chi connectivity index (χ3v) is 2.16. The van der Waals surface area contributed by atoms with Gasteiger partial charge in [-0.05, 0) is 5.04 Å². The maximum Gasteiger partial charge on any atom is 0.0305 e. The van der Waals surface area contributed by atoms with Gasteiger partial charge in [-0.2, -0.15) is 0 Å². The van der Waals surface area contributed by atoms with E-state index in [0.717, 1.165) is 0 Å². The summed E-state index contributed by atoms with van der Waals surface area (Å²) >= 11 is 0. The summed E-state index contributed by atoms with van der Waals surface area (Å²) in [5, 5.41) is 0.353. The predicted molar refractivity (Wildman–Crippen MR) is 53.2 cm³/mol. The van der Waals surface area contributed by atoms with Crippen LogP contribution in [0.4, 0.5) is 0 Å². The van der Waals surface area contributed by atoms with Crippen molar-refractivity contribution in [2.45, 2.75) is 64.3 Å². The molecule has 1 heteroatoms. The van der Waals surface area contributed by atoms with Gasteiger partial charge in [0.05, 0.1) is 0 Å². The Labute approximate surface area is 75.2 Å². The molecule has 0 saturated heterocycles. The monoisotopic (exact) mass is 169 g/mol. The highest BCUT2D eigenvalue weighted by molar-refractivity contribution is 6.14. The smallest absolute Gasteiger partial charge is 0.0305 e. The maximum absolute atomic E-state index is 3.70. The molecule has 11 heavy (non-hydrogen) atoms. The molecule has 0 fully saturated rings. The van der Waals surface area contributed by atoms with E-state index >= 15 is 0 Å². The van der Waals surface area contributed by atoms with Gasteiger partial charge in [-0.15, -0.1) is 0 Å². The average molecular weight is 169 g/mol. The zero-order chi connectivity index (χ0) is 8.74. The fourth-order valence-electron chi connectivity index (χ4n) is 1.17. The topological polar surface area (TPSA) is 0 Å². The molecule has 0 amide bonds. The molecule has 0 N–H and O–H groups in total. The highest BCUT2D eigenvalue weighted by atomic mass is 28.1. The van der Waals surface area contributed by atoms with E-state index < -0.39 is 0 Å². The average Bonchev–Trinajstić information content (AvgIpc) is 1.85. The van der Waals surface area contributed by atoms with Crippen LogP contribution in [0.1, 0.15) is 59.3 Å². The molecule has 0 rings (SSSR count). The lowest BCUT2D eigenvalue weighted by molar-refractivity contribution is 0.534. The summed E-state index contributed by atoms with van der Waals surface area (Å²) in [5.41, 5.74) is 0. The molecule has 0 saturated carbocycles. The second kappa shape index (κ2) is 5.82. The standard InChI is InChI=1S/C10H21Si/c1-4-5-6-7-8-9-10(2,3)11/h4-9H2,1-3H3. The van der Waals surface area contributed by atoms with Crippen molar-refractivity contribution < 1.29 is 0 Å². The first-order valence-electron chi connectivity index (χ1n) is 4.81. The first-order chi connectivity index (χ1) is 5.06. The Morgan fingerprint density at radius 2 is 1.55 bits per heavy atom. The highest BCUT2D eigenvalue weighted by Crippen LogP contribution is 2.26. The lowest BCUT2D eigenvalue weighted by Crippen LogP contribution is -2.01. The van der Waals surface area contributed by atoms with Gasteiger partial charge in [0, 0.05) is 10.2 Å². The third-order valence-electron chi connectivity index (χ3n) is 1.91. The Balaban J connectivity index is 3.02. The first kappa shape index (κ1) is 11.2. The number of hydrogen-bond acceptors (Lipinski definition) is 0. The van der Waals surface area contributed by atoms with E-state index in [1.54, 1.807) is 0 Å². The van der Waals surface area contributed by atoms with E-state index in [-0.39, 0.29) is 0 Å². The lowest BCUT2D eigenvalue weighted by atomic mass is 10.0. The summed E-state index contributed by atoms with van der Waals surface area (Å²) in [6.45, 7) is 6.74. The van der Waals surface area contributed by atoms with Crippen molar-refractivity contribution in [3.63, 3.8) is 0 Å². The van der Waals surface area contributed by atoms with Crippen molar-refractivity contribution in [3.05, 3.63) is 0 Å². The fraction of sp³-hybridized carbons (Fsp3) is 1.00. The van der Waals surface area contributed by atoms with Crippen LogP contribution in [-0.2, 0) is 0 Å². The predicted octanol–water partition coefficient (Wildman–Crippen LogP) is 3.71. The second-order valence-corrected chi connectivity index (χ2v) is 5.40. The van der Waals surface area contributed by atoms with Gasteiger partial charge in [-0.3, -0.25) is 0 Å². The van der Waals surface area contributed by atoms with Crippen LogP contribution in [0.15, 0.2) is 0 Å².